The second-order valence-electron chi connectivity index (χ2n) is 4.84. The molecule has 0 saturated carbocycles. The molecule has 0 aromatic heterocycles. The van der Waals surface area contributed by atoms with Gasteiger partial charge in [0.25, 0.3) is 0 Å². The number of halogens is 1. The van der Waals surface area contributed by atoms with Crippen molar-refractivity contribution in [3.05, 3.63) is 59.4 Å². The molecule has 0 unspecified atom stereocenters. The Morgan fingerprint density at radius 1 is 1.10 bits per heavy atom. The zero-order chi connectivity index (χ0) is 15.2. The van der Waals surface area contributed by atoms with Crippen molar-refractivity contribution in [3.63, 3.8) is 0 Å². The van der Waals surface area contributed by atoms with Gasteiger partial charge in [-0.3, -0.25) is 0 Å². The zero-order valence-corrected chi connectivity index (χ0v) is 12.5. The monoisotopic (exact) mass is 289 g/mol. The number of hydrogen-bond donors (Lipinski definition) is 1. The molecule has 2 aromatic carbocycles. The molecule has 21 heavy (non-hydrogen) atoms. The highest BCUT2D eigenvalue weighted by Crippen LogP contribution is 2.24. The third-order valence-corrected chi connectivity index (χ3v) is 3.43. The van der Waals surface area contributed by atoms with E-state index in [-0.39, 0.29) is 11.9 Å². The maximum absolute atomic E-state index is 13.2. The Morgan fingerprint density at radius 3 is 2.57 bits per heavy atom. The molecule has 0 saturated heterocycles. The minimum atomic E-state index is -0.222. The van der Waals surface area contributed by atoms with Crippen LogP contribution in [0.25, 0.3) is 0 Å². The number of hydrogen-bond acceptors (Lipinski definition) is 3. The predicted molar refractivity (Wildman–Crippen MR) is 81.2 cm³/mol. The lowest BCUT2D eigenvalue weighted by Crippen LogP contribution is -2.18. The van der Waals surface area contributed by atoms with Crippen LogP contribution in [-0.4, -0.2) is 14.2 Å². The van der Waals surface area contributed by atoms with E-state index in [9.17, 15) is 4.39 Å². The van der Waals surface area contributed by atoms with Crippen LogP contribution in [0.2, 0.25) is 0 Å². The molecule has 2 rings (SSSR count). The molecule has 2 aromatic rings. The van der Waals surface area contributed by atoms with E-state index in [0.717, 1.165) is 22.6 Å². The molecule has 0 radical (unpaired) electrons. The molecular formula is C17H20FNO2. The van der Waals surface area contributed by atoms with Crippen LogP contribution in [0.5, 0.6) is 11.5 Å². The third kappa shape index (κ3) is 3.95. The predicted octanol–water partition coefficient (Wildman–Crippen LogP) is 3.69. The van der Waals surface area contributed by atoms with E-state index in [1.165, 1.54) is 6.07 Å². The number of nitrogens with one attached hydrogen (secondary N) is 1. The summed E-state index contributed by atoms with van der Waals surface area (Å²) >= 11 is 0. The molecule has 1 atom stereocenters. The van der Waals surface area contributed by atoms with E-state index in [0.29, 0.717) is 6.54 Å². The maximum atomic E-state index is 13.2. The van der Waals surface area contributed by atoms with Crippen LogP contribution in [-0.2, 0) is 6.54 Å². The third-order valence-electron chi connectivity index (χ3n) is 3.43. The molecule has 1 N–H and O–H groups in total. The Kier molecular flexibility index (Phi) is 5.17. The van der Waals surface area contributed by atoms with E-state index in [4.69, 9.17) is 9.47 Å². The fourth-order valence-electron chi connectivity index (χ4n) is 2.18. The highest BCUT2D eigenvalue weighted by molar-refractivity contribution is 5.40. The first-order chi connectivity index (χ1) is 10.1. The van der Waals surface area contributed by atoms with Crippen molar-refractivity contribution in [2.45, 2.75) is 19.5 Å². The first-order valence-corrected chi connectivity index (χ1v) is 6.83. The minimum absolute atomic E-state index is 0.0385. The van der Waals surface area contributed by atoms with Crippen LogP contribution in [0.4, 0.5) is 4.39 Å². The molecule has 0 fully saturated rings. The lowest BCUT2D eigenvalue weighted by atomic mass is 10.1. The number of ether oxygens (including phenoxy) is 2. The van der Waals surface area contributed by atoms with Gasteiger partial charge >= 0.3 is 0 Å². The quantitative estimate of drug-likeness (QED) is 0.879. The topological polar surface area (TPSA) is 30.5 Å². The molecule has 112 valence electrons. The number of benzene rings is 2. The van der Waals surface area contributed by atoms with Crippen molar-refractivity contribution in [1.29, 1.82) is 0 Å². The Morgan fingerprint density at radius 2 is 1.90 bits per heavy atom. The zero-order valence-electron chi connectivity index (χ0n) is 12.5. The van der Waals surface area contributed by atoms with E-state index >= 15 is 0 Å². The smallest absolute Gasteiger partial charge is 0.123 e. The summed E-state index contributed by atoms with van der Waals surface area (Å²) in [5.74, 6) is 1.36. The largest absolute Gasteiger partial charge is 0.497 e. The fourth-order valence-corrected chi connectivity index (χ4v) is 2.18. The van der Waals surface area contributed by atoms with Crippen LogP contribution in [0.3, 0.4) is 0 Å². The van der Waals surface area contributed by atoms with Crippen molar-refractivity contribution in [3.8, 4) is 11.5 Å². The molecule has 3 nitrogen and oxygen atoms in total. The van der Waals surface area contributed by atoms with Crippen LogP contribution >= 0.6 is 0 Å². The SMILES string of the molecule is COc1ccc(OC)c(CN[C@H](C)c2cccc(F)c2)c1. The minimum Gasteiger partial charge on any atom is -0.497 e. The summed E-state index contributed by atoms with van der Waals surface area (Å²) in [6.07, 6.45) is 0. The van der Waals surface area contributed by atoms with Crippen LogP contribution < -0.4 is 14.8 Å². The highest BCUT2D eigenvalue weighted by atomic mass is 19.1. The van der Waals surface area contributed by atoms with Crippen LogP contribution in [0.15, 0.2) is 42.5 Å². The van der Waals surface area contributed by atoms with Gasteiger partial charge in [-0.1, -0.05) is 12.1 Å². The van der Waals surface area contributed by atoms with Gasteiger partial charge in [-0.15, -0.1) is 0 Å². The highest BCUT2D eigenvalue weighted by Gasteiger charge is 2.09. The summed E-state index contributed by atoms with van der Waals surface area (Å²) in [7, 11) is 3.27. The van der Waals surface area contributed by atoms with E-state index in [1.807, 2.05) is 31.2 Å². The molecule has 0 aliphatic rings. The van der Waals surface area contributed by atoms with Gasteiger partial charge in [0.05, 0.1) is 14.2 Å². The number of rotatable bonds is 6. The molecule has 0 aliphatic heterocycles. The van der Waals surface area contributed by atoms with Crippen LogP contribution in [0, 0.1) is 5.82 Å². The summed E-state index contributed by atoms with van der Waals surface area (Å²) in [6, 6.07) is 12.3. The molecule has 0 bridgehead atoms. The van der Waals surface area contributed by atoms with Gasteiger partial charge in [-0.25, -0.2) is 4.39 Å². The normalized spacial score (nSPS) is 12.0. The summed E-state index contributed by atoms with van der Waals surface area (Å²) < 4.78 is 23.8. The van der Waals surface area contributed by atoms with Gasteiger partial charge in [0.15, 0.2) is 0 Å². The summed E-state index contributed by atoms with van der Waals surface area (Å²) in [4.78, 5) is 0. The van der Waals surface area contributed by atoms with Gasteiger partial charge < -0.3 is 14.8 Å². The summed E-state index contributed by atoms with van der Waals surface area (Å²) in [6.45, 7) is 2.61. The van der Waals surface area contributed by atoms with Gasteiger partial charge in [-0.05, 0) is 42.8 Å². The first kappa shape index (κ1) is 15.3. The summed E-state index contributed by atoms with van der Waals surface area (Å²) in [5.41, 5.74) is 1.91. The van der Waals surface area contributed by atoms with Gasteiger partial charge in [0.2, 0.25) is 0 Å². The lowest BCUT2D eigenvalue weighted by Gasteiger charge is -2.16. The molecule has 4 heteroatoms. The average molecular weight is 289 g/mol. The van der Waals surface area contributed by atoms with E-state index in [1.54, 1.807) is 26.4 Å². The Bertz CT molecular complexity index is 601. The maximum Gasteiger partial charge on any atom is 0.123 e. The van der Waals surface area contributed by atoms with Gasteiger partial charge in [0, 0.05) is 18.2 Å². The molecule has 0 spiro atoms. The van der Waals surface area contributed by atoms with Gasteiger partial charge in [-0.2, -0.15) is 0 Å². The van der Waals surface area contributed by atoms with Crippen molar-refractivity contribution >= 4 is 0 Å². The molecule has 0 amide bonds. The molecule has 0 aliphatic carbocycles. The van der Waals surface area contributed by atoms with Gasteiger partial charge in [0.1, 0.15) is 17.3 Å². The Balaban J connectivity index is 2.08. The lowest BCUT2D eigenvalue weighted by molar-refractivity contribution is 0.395. The Labute approximate surface area is 124 Å². The van der Waals surface area contributed by atoms with Crippen LogP contribution in [0.1, 0.15) is 24.1 Å². The average Bonchev–Trinajstić information content (AvgIpc) is 2.52. The molecule has 0 heterocycles. The van der Waals surface area contributed by atoms with Crippen molar-refractivity contribution < 1.29 is 13.9 Å². The second kappa shape index (κ2) is 7.09. The number of methoxy groups -OCH3 is 2. The molecular weight excluding hydrogens is 269 g/mol. The van der Waals surface area contributed by atoms with E-state index < -0.39 is 0 Å². The summed E-state index contributed by atoms with van der Waals surface area (Å²) in [5, 5.41) is 3.37. The standard InChI is InChI=1S/C17H20FNO2/c1-12(13-5-4-6-15(18)9-13)19-11-14-10-16(20-2)7-8-17(14)21-3/h4-10,12,19H,11H2,1-3H3/t12-/m1/s1. The van der Waals surface area contributed by atoms with Crippen molar-refractivity contribution in [2.75, 3.05) is 14.2 Å². The Hall–Kier alpha value is -2.07. The first-order valence-electron chi connectivity index (χ1n) is 6.83. The van der Waals surface area contributed by atoms with E-state index in [2.05, 4.69) is 5.32 Å². The van der Waals surface area contributed by atoms with Crippen molar-refractivity contribution in [1.82, 2.24) is 5.32 Å². The second-order valence-corrected chi connectivity index (χ2v) is 4.84. The van der Waals surface area contributed by atoms with Crippen molar-refractivity contribution in [2.24, 2.45) is 0 Å². The fraction of sp³-hybridized carbons (Fsp3) is 0.294.